The van der Waals surface area contributed by atoms with Gasteiger partial charge in [0.05, 0.1) is 0 Å². The lowest BCUT2D eigenvalue weighted by molar-refractivity contribution is 0.909. The zero-order valence-corrected chi connectivity index (χ0v) is 9.58. The van der Waals surface area contributed by atoms with Crippen LogP contribution in [0.25, 0.3) is 0 Å². The Hall–Kier alpha value is -0.470. The summed E-state index contributed by atoms with van der Waals surface area (Å²) in [5.74, 6) is 0.931. The molecule has 13 heavy (non-hydrogen) atoms. The highest BCUT2D eigenvalue weighted by molar-refractivity contribution is 8.03. The minimum Gasteiger partial charge on any atom is -0.324 e. The summed E-state index contributed by atoms with van der Waals surface area (Å²) in [7, 11) is 0. The Bertz CT molecular complexity index is 226. The van der Waals surface area contributed by atoms with Crippen LogP contribution in [0.2, 0.25) is 0 Å². The first-order valence-electron chi connectivity index (χ1n) is 4.33. The highest BCUT2D eigenvalue weighted by Crippen LogP contribution is 2.21. The van der Waals surface area contributed by atoms with Crippen LogP contribution in [0.4, 0.5) is 0 Å². The minimum atomic E-state index is 0.0843. The summed E-state index contributed by atoms with van der Waals surface area (Å²) in [5.41, 5.74) is 8.02. The molecule has 2 heteroatoms. The fourth-order valence-electron chi connectivity index (χ4n) is 0.754. The van der Waals surface area contributed by atoms with E-state index < -0.39 is 0 Å². The average molecular weight is 197 g/mol. The van der Waals surface area contributed by atoms with Crippen molar-refractivity contribution in [2.24, 2.45) is 5.73 Å². The highest BCUT2D eigenvalue weighted by atomic mass is 32.2. The van der Waals surface area contributed by atoms with E-state index in [1.165, 1.54) is 10.5 Å². The van der Waals surface area contributed by atoms with Gasteiger partial charge in [0.15, 0.2) is 0 Å². The maximum absolute atomic E-state index is 5.81. The van der Waals surface area contributed by atoms with Crippen molar-refractivity contribution >= 4 is 11.8 Å². The molecular weight excluding hydrogens is 178 g/mol. The van der Waals surface area contributed by atoms with Gasteiger partial charge in [-0.15, -0.1) is 11.8 Å². The molecule has 0 aromatic carbocycles. The topological polar surface area (TPSA) is 26.0 Å². The fourth-order valence-corrected chi connectivity index (χ4v) is 1.71. The van der Waals surface area contributed by atoms with Gasteiger partial charge in [-0.2, -0.15) is 0 Å². The van der Waals surface area contributed by atoms with Gasteiger partial charge in [-0.1, -0.05) is 24.3 Å². The second-order valence-electron chi connectivity index (χ2n) is 3.43. The Labute approximate surface area is 85.8 Å². The molecule has 0 bridgehead atoms. The largest absolute Gasteiger partial charge is 0.324 e. The molecule has 1 atom stereocenters. The van der Waals surface area contributed by atoms with Gasteiger partial charge in [-0.25, -0.2) is 0 Å². The summed E-state index contributed by atoms with van der Waals surface area (Å²) in [6.07, 6.45) is 2.04. The van der Waals surface area contributed by atoms with Crippen molar-refractivity contribution in [3.8, 4) is 0 Å². The second-order valence-corrected chi connectivity index (χ2v) is 4.48. The zero-order valence-electron chi connectivity index (χ0n) is 8.76. The quantitative estimate of drug-likeness (QED) is 0.541. The summed E-state index contributed by atoms with van der Waals surface area (Å²) < 4.78 is 0. The van der Waals surface area contributed by atoms with Gasteiger partial charge >= 0.3 is 0 Å². The van der Waals surface area contributed by atoms with E-state index in [1.807, 2.05) is 26.8 Å². The zero-order chi connectivity index (χ0) is 10.4. The third-order valence-corrected chi connectivity index (χ3v) is 2.78. The van der Waals surface area contributed by atoms with Gasteiger partial charge in [-0.3, -0.25) is 0 Å². The van der Waals surface area contributed by atoms with Crippen molar-refractivity contribution in [3.05, 3.63) is 35.3 Å². The van der Waals surface area contributed by atoms with E-state index in [9.17, 15) is 0 Å². The predicted octanol–water partition coefficient (Wildman–Crippen LogP) is 3.10. The Morgan fingerprint density at radius 1 is 1.46 bits per heavy atom. The van der Waals surface area contributed by atoms with Crippen LogP contribution in [-0.2, 0) is 0 Å². The second kappa shape index (κ2) is 6.06. The third-order valence-electron chi connectivity index (χ3n) is 1.32. The summed E-state index contributed by atoms with van der Waals surface area (Å²) in [6, 6.07) is 0.0843. The van der Waals surface area contributed by atoms with Crippen molar-refractivity contribution in [2.45, 2.75) is 26.8 Å². The predicted molar refractivity (Wildman–Crippen MR) is 63.8 cm³/mol. The van der Waals surface area contributed by atoms with Crippen molar-refractivity contribution in [2.75, 3.05) is 5.75 Å². The lowest BCUT2D eigenvalue weighted by Gasteiger charge is -2.10. The molecule has 0 saturated carbocycles. The number of allylic oxidation sites excluding steroid dienone is 2. The fraction of sp³-hybridized carbons (Fsp3) is 0.455. The van der Waals surface area contributed by atoms with Crippen LogP contribution >= 0.6 is 11.8 Å². The maximum Gasteiger partial charge on any atom is 0.0326 e. The lowest BCUT2D eigenvalue weighted by Crippen LogP contribution is -2.16. The van der Waals surface area contributed by atoms with Crippen molar-refractivity contribution in [1.82, 2.24) is 0 Å². The van der Waals surface area contributed by atoms with Crippen LogP contribution in [-0.4, -0.2) is 11.8 Å². The number of hydrogen-bond donors (Lipinski definition) is 1. The number of nitrogens with two attached hydrogens (primary N) is 1. The standard InChI is InChI=1S/C11H19NS/c1-8(2)6-11(10(5)12)13-7-9(3)4/h6,10H,1,3,7,12H2,2,4-5H3/b11-6-. The molecular formula is C11H19NS. The Balaban J connectivity index is 4.27. The Morgan fingerprint density at radius 3 is 2.31 bits per heavy atom. The SMILES string of the molecule is C=C(C)/C=C(\SCC(=C)C)C(C)N. The van der Waals surface area contributed by atoms with E-state index in [4.69, 9.17) is 5.73 Å². The van der Waals surface area contributed by atoms with Crippen LogP contribution in [0, 0.1) is 0 Å². The molecule has 1 unspecified atom stereocenters. The van der Waals surface area contributed by atoms with Gasteiger partial charge in [0.2, 0.25) is 0 Å². The molecule has 0 aliphatic carbocycles. The number of thioether (sulfide) groups is 1. The molecule has 0 rings (SSSR count). The molecule has 1 nitrogen and oxygen atoms in total. The van der Waals surface area contributed by atoms with Gasteiger partial charge < -0.3 is 5.73 Å². The Morgan fingerprint density at radius 2 is 2.00 bits per heavy atom. The monoisotopic (exact) mass is 197 g/mol. The molecule has 0 spiro atoms. The normalized spacial score (nSPS) is 14.0. The van der Waals surface area contributed by atoms with Crippen LogP contribution in [0.5, 0.6) is 0 Å². The first-order valence-corrected chi connectivity index (χ1v) is 5.32. The summed E-state index contributed by atoms with van der Waals surface area (Å²) in [6.45, 7) is 13.7. The summed E-state index contributed by atoms with van der Waals surface area (Å²) in [4.78, 5) is 1.18. The summed E-state index contributed by atoms with van der Waals surface area (Å²) >= 11 is 1.74. The molecule has 0 aromatic rings. The Kier molecular flexibility index (Phi) is 5.84. The number of rotatable bonds is 5. The van der Waals surface area contributed by atoms with Crippen LogP contribution < -0.4 is 5.73 Å². The first-order chi connectivity index (χ1) is 5.93. The molecule has 74 valence electrons. The van der Waals surface area contributed by atoms with Crippen molar-refractivity contribution in [1.29, 1.82) is 0 Å². The van der Waals surface area contributed by atoms with E-state index in [0.717, 1.165) is 11.3 Å². The van der Waals surface area contributed by atoms with Gasteiger partial charge in [0.25, 0.3) is 0 Å². The van der Waals surface area contributed by atoms with E-state index in [0.29, 0.717) is 0 Å². The molecule has 0 heterocycles. The van der Waals surface area contributed by atoms with Gasteiger partial charge in [0, 0.05) is 16.7 Å². The third kappa shape index (κ3) is 6.67. The maximum atomic E-state index is 5.81. The molecule has 0 radical (unpaired) electrons. The van der Waals surface area contributed by atoms with Crippen molar-refractivity contribution < 1.29 is 0 Å². The van der Waals surface area contributed by atoms with Crippen molar-refractivity contribution in [3.63, 3.8) is 0 Å². The molecule has 0 aliphatic heterocycles. The molecule has 0 aromatic heterocycles. The smallest absolute Gasteiger partial charge is 0.0326 e. The van der Waals surface area contributed by atoms with E-state index in [1.54, 1.807) is 11.8 Å². The van der Waals surface area contributed by atoms with Crippen LogP contribution in [0.15, 0.2) is 35.3 Å². The van der Waals surface area contributed by atoms with E-state index in [-0.39, 0.29) is 6.04 Å². The van der Waals surface area contributed by atoms with Gasteiger partial charge in [0.1, 0.15) is 0 Å². The summed E-state index contributed by atoms with van der Waals surface area (Å²) in [5, 5.41) is 0. The molecule has 0 aliphatic rings. The lowest BCUT2D eigenvalue weighted by atomic mass is 10.2. The van der Waals surface area contributed by atoms with Crippen LogP contribution in [0.3, 0.4) is 0 Å². The van der Waals surface area contributed by atoms with E-state index >= 15 is 0 Å². The molecule has 2 N–H and O–H groups in total. The van der Waals surface area contributed by atoms with E-state index in [2.05, 4.69) is 13.2 Å². The van der Waals surface area contributed by atoms with Gasteiger partial charge in [-0.05, 0) is 26.8 Å². The molecule has 0 amide bonds. The first kappa shape index (κ1) is 12.5. The number of hydrogen-bond acceptors (Lipinski definition) is 2. The minimum absolute atomic E-state index is 0.0843. The average Bonchev–Trinajstić information content (AvgIpc) is 1.96. The molecule has 0 fully saturated rings. The van der Waals surface area contributed by atoms with Crippen LogP contribution in [0.1, 0.15) is 20.8 Å². The highest BCUT2D eigenvalue weighted by Gasteiger charge is 2.03. The molecule has 0 saturated heterocycles.